The van der Waals surface area contributed by atoms with E-state index in [1.54, 1.807) is 6.20 Å². The molecule has 1 aliphatic heterocycles. The Morgan fingerprint density at radius 1 is 1.25 bits per heavy atom. The molecule has 24 heavy (non-hydrogen) atoms. The highest BCUT2D eigenvalue weighted by atomic mass is 16.5. The minimum absolute atomic E-state index is 0.312. The summed E-state index contributed by atoms with van der Waals surface area (Å²) in [5.41, 5.74) is 0. The number of aryl methyl sites for hydroxylation is 1. The first-order chi connectivity index (χ1) is 11.8. The van der Waals surface area contributed by atoms with Crippen molar-refractivity contribution in [2.45, 2.75) is 38.5 Å². The molecular formula is C19H24N2O3. The molecule has 5 heteroatoms. The van der Waals surface area contributed by atoms with Crippen LogP contribution in [0.3, 0.4) is 0 Å². The highest BCUT2D eigenvalue weighted by molar-refractivity contribution is 5.09. The first kappa shape index (κ1) is 15.7. The Morgan fingerprint density at radius 3 is 3.00 bits per heavy atom. The van der Waals surface area contributed by atoms with Gasteiger partial charge in [-0.05, 0) is 43.9 Å². The summed E-state index contributed by atoms with van der Waals surface area (Å²) in [7, 11) is 0. The lowest BCUT2D eigenvalue weighted by atomic mass is 10.1. The van der Waals surface area contributed by atoms with Gasteiger partial charge in [-0.25, -0.2) is 4.98 Å². The van der Waals surface area contributed by atoms with Crippen LogP contribution >= 0.6 is 0 Å². The Hall–Kier alpha value is -1.85. The van der Waals surface area contributed by atoms with Crippen molar-refractivity contribution < 1.29 is 13.9 Å². The van der Waals surface area contributed by atoms with Gasteiger partial charge in [0.1, 0.15) is 11.5 Å². The summed E-state index contributed by atoms with van der Waals surface area (Å²) in [6.45, 7) is 5.34. The van der Waals surface area contributed by atoms with Crippen LogP contribution in [0.25, 0.3) is 0 Å². The lowest BCUT2D eigenvalue weighted by molar-refractivity contribution is -0.0608. The maximum absolute atomic E-state index is 6.01. The second-order valence-electron chi connectivity index (χ2n) is 6.78. The van der Waals surface area contributed by atoms with E-state index in [-0.39, 0.29) is 0 Å². The van der Waals surface area contributed by atoms with Gasteiger partial charge in [0, 0.05) is 24.8 Å². The largest absolute Gasteiger partial charge is 0.477 e. The SMILES string of the molecule is Cc1ccc(CN2CCO[C@@H]3C[C@@H](COc4ccccn4)C[C@H]32)o1. The molecule has 3 atom stereocenters. The molecule has 0 bridgehead atoms. The first-order valence-corrected chi connectivity index (χ1v) is 8.73. The molecule has 2 aliphatic rings. The number of hydrogen-bond donors (Lipinski definition) is 0. The topological polar surface area (TPSA) is 47.7 Å². The van der Waals surface area contributed by atoms with E-state index >= 15 is 0 Å². The van der Waals surface area contributed by atoms with Gasteiger partial charge in [0.15, 0.2) is 0 Å². The Morgan fingerprint density at radius 2 is 2.21 bits per heavy atom. The van der Waals surface area contributed by atoms with E-state index in [1.165, 1.54) is 0 Å². The van der Waals surface area contributed by atoms with E-state index < -0.39 is 0 Å². The van der Waals surface area contributed by atoms with Gasteiger partial charge < -0.3 is 13.9 Å². The van der Waals surface area contributed by atoms with E-state index in [2.05, 4.69) is 16.0 Å². The number of nitrogens with zero attached hydrogens (tertiary/aromatic N) is 2. The van der Waals surface area contributed by atoms with Crippen LogP contribution in [-0.4, -0.2) is 41.8 Å². The molecule has 1 saturated heterocycles. The molecule has 4 rings (SSSR count). The van der Waals surface area contributed by atoms with Crippen molar-refractivity contribution >= 4 is 0 Å². The zero-order chi connectivity index (χ0) is 16.4. The molecule has 2 aromatic heterocycles. The van der Waals surface area contributed by atoms with Crippen molar-refractivity contribution in [3.05, 3.63) is 48.0 Å². The molecule has 1 aliphatic carbocycles. The fourth-order valence-electron chi connectivity index (χ4n) is 3.86. The van der Waals surface area contributed by atoms with Crippen molar-refractivity contribution in [3.63, 3.8) is 0 Å². The van der Waals surface area contributed by atoms with Crippen molar-refractivity contribution in [2.75, 3.05) is 19.8 Å². The summed E-state index contributed by atoms with van der Waals surface area (Å²) in [6, 6.07) is 10.3. The molecule has 5 nitrogen and oxygen atoms in total. The van der Waals surface area contributed by atoms with E-state index in [0.717, 1.165) is 44.1 Å². The first-order valence-electron chi connectivity index (χ1n) is 8.73. The van der Waals surface area contributed by atoms with Gasteiger partial charge in [0.05, 0.1) is 25.9 Å². The monoisotopic (exact) mass is 328 g/mol. The molecule has 0 spiro atoms. The third kappa shape index (κ3) is 3.47. The molecule has 2 aromatic rings. The molecule has 0 unspecified atom stereocenters. The van der Waals surface area contributed by atoms with Crippen molar-refractivity contribution in [3.8, 4) is 5.88 Å². The molecular weight excluding hydrogens is 304 g/mol. The van der Waals surface area contributed by atoms with Crippen LogP contribution in [0.5, 0.6) is 5.88 Å². The molecule has 3 heterocycles. The van der Waals surface area contributed by atoms with Crippen molar-refractivity contribution in [1.29, 1.82) is 0 Å². The third-order valence-electron chi connectivity index (χ3n) is 5.01. The smallest absolute Gasteiger partial charge is 0.213 e. The summed E-state index contributed by atoms with van der Waals surface area (Å²) in [6.07, 6.45) is 4.25. The van der Waals surface area contributed by atoms with Gasteiger partial charge in [-0.2, -0.15) is 0 Å². The maximum Gasteiger partial charge on any atom is 0.213 e. The average Bonchev–Trinajstić information content (AvgIpc) is 3.20. The number of aromatic nitrogens is 1. The third-order valence-corrected chi connectivity index (χ3v) is 5.01. The zero-order valence-corrected chi connectivity index (χ0v) is 14.1. The quantitative estimate of drug-likeness (QED) is 0.844. The summed E-state index contributed by atoms with van der Waals surface area (Å²) in [4.78, 5) is 6.73. The van der Waals surface area contributed by atoms with Crippen LogP contribution in [0.1, 0.15) is 24.4 Å². The van der Waals surface area contributed by atoms with Gasteiger partial charge in [-0.15, -0.1) is 0 Å². The van der Waals surface area contributed by atoms with Crippen LogP contribution in [0.4, 0.5) is 0 Å². The van der Waals surface area contributed by atoms with E-state index in [9.17, 15) is 0 Å². The van der Waals surface area contributed by atoms with Gasteiger partial charge in [0.2, 0.25) is 5.88 Å². The molecule has 0 N–H and O–H groups in total. The number of rotatable bonds is 5. The number of morpholine rings is 1. The molecule has 0 aromatic carbocycles. The predicted molar refractivity (Wildman–Crippen MR) is 89.8 cm³/mol. The van der Waals surface area contributed by atoms with Crippen LogP contribution in [0, 0.1) is 12.8 Å². The van der Waals surface area contributed by atoms with Crippen molar-refractivity contribution in [2.24, 2.45) is 5.92 Å². The summed E-state index contributed by atoms with van der Waals surface area (Å²) >= 11 is 0. The van der Waals surface area contributed by atoms with E-state index in [0.29, 0.717) is 30.6 Å². The zero-order valence-electron chi connectivity index (χ0n) is 14.1. The summed E-state index contributed by atoms with van der Waals surface area (Å²) < 4.78 is 17.6. The molecule has 1 saturated carbocycles. The Balaban J connectivity index is 1.35. The van der Waals surface area contributed by atoms with Crippen LogP contribution in [0.15, 0.2) is 40.9 Å². The summed E-state index contributed by atoms with van der Waals surface area (Å²) in [5, 5.41) is 0. The minimum atomic E-state index is 0.312. The van der Waals surface area contributed by atoms with Crippen LogP contribution in [0.2, 0.25) is 0 Å². The molecule has 2 fully saturated rings. The highest BCUT2D eigenvalue weighted by Gasteiger charge is 2.41. The number of hydrogen-bond acceptors (Lipinski definition) is 5. The number of fused-ring (bicyclic) bond motifs is 1. The Kier molecular flexibility index (Phi) is 4.54. The average molecular weight is 328 g/mol. The number of ether oxygens (including phenoxy) is 2. The second-order valence-corrected chi connectivity index (χ2v) is 6.78. The van der Waals surface area contributed by atoms with Crippen LogP contribution in [-0.2, 0) is 11.3 Å². The number of furan rings is 1. The molecule has 128 valence electrons. The van der Waals surface area contributed by atoms with Gasteiger partial charge >= 0.3 is 0 Å². The lowest BCUT2D eigenvalue weighted by Gasteiger charge is -2.37. The fraction of sp³-hybridized carbons (Fsp3) is 0.526. The predicted octanol–water partition coefficient (Wildman–Crippen LogP) is 3.04. The molecule has 0 radical (unpaired) electrons. The standard InChI is InChI=1S/C19H24N2O3/c1-14-5-6-16(24-14)12-21-8-9-22-18-11-15(10-17(18)21)13-23-19-4-2-3-7-20-19/h2-7,15,17-18H,8-13H2,1H3/t15-,17+,18+/m0/s1. The van der Waals surface area contributed by atoms with Gasteiger partial charge in [-0.3, -0.25) is 4.90 Å². The second kappa shape index (κ2) is 6.95. The Bertz CT molecular complexity index is 658. The number of pyridine rings is 1. The van der Waals surface area contributed by atoms with Crippen molar-refractivity contribution in [1.82, 2.24) is 9.88 Å². The summed E-state index contributed by atoms with van der Waals surface area (Å²) in [5.74, 6) is 3.24. The highest BCUT2D eigenvalue weighted by Crippen LogP contribution is 2.35. The van der Waals surface area contributed by atoms with E-state index in [1.807, 2.05) is 31.2 Å². The lowest BCUT2D eigenvalue weighted by Crippen LogP contribution is -2.47. The fourth-order valence-corrected chi connectivity index (χ4v) is 3.86. The van der Waals surface area contributed by atoms with Gasteiger partial charge in [-0.1, -0.05) is 6.07 Å². The van der Waals surface area contributed by atoms with Gasteiger partial charge in [0.25, 0.3) is 0 Å². The minimum Gasteiger partial charge on any atom is -0.477 e. The molecule has 0 amide bonds. The van der Waals surface area contributed by atoms with E-state index in [4.69, 9.17) is 13.9 Å². The maximum atomic E-state index is 6.01. The van der Waals surface area contributed by atoms with Crippen LogP contribution < -0.4 is 4.74 Å². The Labute approximate surface area is 142 Å². The normalized spacial score (nSPS) is 27.1.